The first kappa shape index (κ1) is 18.6. The molecule has 1 aliphatic rings. The number of amides is 2. The monoisotopic (exact) mass is 415 g/mol. The van der Waals surface area contributed by atoms with Gasteiger partial charge < -0.3 is 14.2 Å². The van der Waals surface area contributed by atoms with Crippen molar-refractivity contribution in [3.05, 3.63) is 46.9 Å². The lowest BCUT2D eigenvalue weighted by atomic mass is 10.3. The summed E-state index contributed by atoms with van der Waals surface area (Å²) in [6, 6.07) is 7.31. The molecule has 0 aromatic carbocycles. The third-order valence-electron chi connectivity index (χ3n) is 4.29. The molecule has 0 aliphatic carbocycles. The second kappa shape index (κ2) is 8.53. The first-order valence-corrected chi connectivity index (χ1v) is 10.5. The highest BCUT2D eigenvalue weighted by molar-refractivity contribution is 7.99. The topological polar surface area (TPSA) is 92.4 Å². The second-order valence-electron chi connectivity index (χ2n) is 6.05. The SMILES string of the molecule is O=C(CSc1nnc(-c2cccnc2)o1)N1CCN(C(=O)c2cccs2)CC1. The van der Waals surface area contributed by atoms with E-state index < -0.39 is 0 Å². The van der Waals surface area contributed by atoms with Gasteiger partial charge in [0.2, 0.25) is 11.8 Å². The largest absolute Gasteiger partial charge is 0.411 e. The number of pyridine rings is 1. The van der Waals surface area contributed by atoms with Gasteiger partial charge in [-0.25, -0.2) is 0 Å². The maximum Gasteiger partial charge on any atom is 0.277 e. The third-order valence-corrected chi connectivity index (χ3v) is 5.95. The molecule has 4 rings (SSSR count). The molecule has 0 N–H and O–H groups in total. The van der Waals surface area contributed by atoms with Crippen LogP contribution in [0, 0.1) is 0 Å². The molecule has 10 heteroatoms. The van der Waals surface area contributed by atoms with E-state index in [2.05, 4.69) is 15.2 Å². The number of aromatic nitrogens is 3. The number of hydrogen-bond donors (Lipinski definition) is 0. The highest BCUT2D eigenvalue weighted by atomic mass is 32.2. The van der Waals surface area contributed by atoms with E-state index in [4.69, 9.17) is 4.42 Å². The van der Waals surface area contributed by atoms with Crippen LogP contribution in [-0.2, 0) is 4.79 Å². The van der Waals surface area contributed by atoms with Crippen molar-refractivity contribution >= 4 is 34.9 Å². The maximum absolute atomic E-state index is 12.5. The second-order valence-corrected chi connectivity index (χ2v) is 7.93. The highest BCUT2D eigenvalue weighted by Gasteiger charge is 2.25. The zero-order chi connectivity index (χ0) is 19.3. The summed E-state index contributed by atoms with van der Waals surface area (Å²) >= 11 is 2.65. The molecule has 1 saturated heterocycles. The van der Waals surface area contributed by atoms with E-state index in [1.165, 1.54) is 23.1 Å². The van der Waals surface area contributed by atoms with Gasteiger partial charge >= 0.3 is 0 Å². The predicted molar refractivity (Wildman–Crippen MR) is 105 cm³/mol. The average molecular weight is 416 g/mol. The minimum atomic E-state index is -0.00523. The lowest BCUT2D eigenvalue weighted by molar-refractivity contribution is -0.129. The van der Waals surface area contributed by atoms with Gasteiger partial charge in [-0.3, -0.25) is 14.6 Å². The highest BCUT2D eigenvalue weighted by Crippen LogP contribution is 2.23. The summed E-state index contributed by atoms with van der Waals surface area (Å²) in [6.07, 6.45) is 3.31. The van der Waals surface area contributed by atoms with E-state index in [-0.39, 0.29) is 17.6 Å². The van der Waals surface area contributed by atoms with Crippen LogP contribution in [0.2, 0.25) is 0 Å². The van der Waals surface area contributed by atoms with Crippen LogP contribution in [0.5, 0.6) is 0 Å². The van der Waals surface area contributed by atoms with Crippen LogP contribution in [0.1, 0.15) is 9.67 Å². The van der Waals surface area contributed by atoms with Crippen molar-refractivity contribution in [1.29, 1.82) is 0 Å². The maximum atomic E-state index is 12.5. The van der Waals surface area contributed by atoms with E-state index in [0.29, 0.717) is 37.3 Å². The lowest BCUT2D eigenvalue weighted by Crippen LogP contribution is -2.51. The van der Waals surface area contributed by atoms with Crippen molar-refractivity contribution < 1.29 is 14.0 Å². The Morgan fingerprint density at radius 2 is 1.93 bits per heavy atom. The van der Waals surface area contributed by atoms with Crippen LogP contribution in [0.25, 0.3) is 11.5 Å². The molecule has 2 amide bonds. The van der Waals surface area contributed by atoms with Crippen molar-refractivity contribution in [2.45, 2.75) is 5.22 Å². The molecule has 1 aliphatic heterocycles. The summed E-state index contributed by atoms with van der Waals surface area (Å²) in [5, 5.41) is 10.2. The number of thiophene rings is 1. The molecule has 0 bridgehead atoms. The molecule has 144 valence electrons. The van der Waals surface area contributed by atoms with Gasteiger partial charge in [0, 0.05) is 38.6 Å². The minimum Gasteiger partial charge on any atom is -0.411 e. The molecule has 4 heterocycles. The Morgan fingerprint density at radius 3 is 2.64 bits per heavy atom. The number of rotatable bonds is 5. The standard InChI is InChI=1S/C18H17N5O3S2/c24-15(12-28-18-21-20-16(26-18)13-3-1-5-19-11-13)22-6-8-23(9-7-22)17(25)14-4-2-10-27-14/h1-5,10-11H,6-9,12H2. The number of carbonyl (C=O) groups is 2. The Hall–Kier alpha value is -2.72. The molecule has 0 radical (unpaired) electrons. The molecule has 0 unspecified atom stereocenters. The fraction of sp³-hybridized carbons (Fsp3) is 0.278. The van der Waals surface area contributed by atoms with Crippen LogP contribution < -0.4 is 0 Å². The van der Waals surface area contributed by atoms with Crippen LogP contribution in [0.3, 0.4) is 0 Å². The molecule has 1 fully saturated rings. The van der Waals surface area contributed by atoms with Crippen LogP contribution in [-0.4, -0.2) is 68.7 Å². The normalized spacial score (nSPS) is 14.3. The molecule has 3 aromatic rings. The summed E-state index contributed by atoms with van der Waals surface area (Å²) in [5.41, 5.74) is 0.736. The molecule has 0 saturated carbocycles. The summed E-state index contributed by atoms with van der Waals surface area (Å²) in [7, 11) is 0. The smallest absolute Gasteiger partial charge is 0.277 e. The number of hydrogen-bond acceptors (Lipinski definition) is 8. The summed E-state index contributed by atoms with van der Waals surface area (Å²) < 4.78 is 5.58. The van der Waals surface area contributed by atoms with Crippen LogP contribution in [0.15, 0.2) is 51.7 Å². The molecule has 0 atom stereocenters. The fourth-order valence-corrected chi connectivity index (χ4v) is 4.16. The molecule has 0 spiro atoms. The van der Waals surface area contributed by atoms with Gasteiger partial charge in [-0.2, -0.15) is 0 Å². The molecule has 28 heavy (non-hydrogen) atoms. The van der Waals surface area contributed by atoms with Crippen molar-refractivity contribution in [3.8, 4) is 11.5 Å². The van der Waals surface area contributed by atoms with Crippen LogP contribution in [0.4, 0.5) is 0 Å². The first-order chi connectivity index (χ1) is 13.7. The van der Waals surface area contributed by atoms with Gasteiger partial charge in [-0.05, 0) is 23.6 Å². The number of thioether (sulfide) groups is 1. The Kier molecular flexibility index (Phi) is 5.68. The fourth-order valence-electron chi connectivity index (χ4n) is 2.80. The van der Waals surface area contributed by atoms with E-state index in [1.54, 1.807) is 28.3 Å². The predicted octanol–water partition coefficient (Wildman–Crippen LogP) is 2.27. The van der Waals surface area contributed by atoms with Gasteiger partial charge in [0.25, 0.3) is 11.1 Å². The van der Waals surface area contributed by atoms with Gasteiger partial charge in [0.05, 0.1) is 16.2 Å². The minimum absolute atomic E-state index is 0.00523. The van der Waals surface area contributed by atoms with Crippen LogP contribution >= 0.6 is 23.1 Å². The summed E-state index contributed by atoms with van der Waals surface area (Å²) in [5.74, 6) is 0.622. The molecular formula is C18H17N5O3S2. The first-order valence-electron chi connectivity index (χ1n) is 8.68. The van der Waals surface area contributed by atoms with Crippen molar-refractivity contribution in [1.82, 2.24) is 25.0 Å². The Labute approximate surface area is 169 Å². The average Bonchev–Trinajstić information content (AvgIpc) is 3.44. The van der Waals surface area contributed by atoms with Gasteiger partial charge in [0.15, 0.2) is 0 Å². The van der Waals surface area contributed by atoms with Crippen molar-refractivity contribution in [2.75, 3.05) is 31.9 Å². The molecule has 3 aromatic heterocycles. The molecule has 8 nitrogen and oxygen atoms in total. The lowest BCUT2D eigenvalue weighted by Gasteiger charge is -2.34. The Morgan fingerprint density at radius 1 is 1.11 bits per heavy atom. The zero-order valence-electron chi connectivity index (χ0n) is 14.9. The van der Waals surface area contributed by atoms with Crippen molar-refractivity contribution in [2.24, 2.45) is 0 Å². The van der Waals surface area contributed by atoms with Crippen molar-refractivity contribution in [3.63, 3.8) is 0 Å². The number of piperazine rings is 1. The van der Waals surface area contributed by atoms with Gasteiger partial charge in [0.1, 0.15) is 0 Å². The summed E-state index contributed by atoms with van der Waals surface area (Å²) in [6.45, 7) is 2.14. The van der Waals surface area contributed by atoms with Gasteiger partial charge in [-0.15, -0.1) is 21.5 Å². The Bertz CT molecular complexity index is 937. The number of nitrogens with zero attached hydrogens (tertiary/aromatic N) is 5. The molecular weight excluding hydrogens is 398 g/mol. The quantitative estimate of drug-likeness (QED) is 0.590. The van der Waals surface area contributed by atoms with Gasteiger partial charge in [-0.1, -0.05) is 17.8 Å². The van der Waals surface area contributed by atoms with E-state index >= 15 is 0 Å². The van der Waals surface area contributed by atoms with E-state index in [0.717, 1.165) is 10.4 Å². The van der Waals surface area contributed by atoms with E-state index in [9.17, 15) is 9.59 Å². The Balaban J connectivity index is 1.26. The third kappa shape index (κ3) is 4.23. The summed E-state index contributed by atoms with van der Waals surface area (Å²) in [4.78, 5) is 33.1. The number of carbonyl (C=O) groups excluding carboxylic acids is 2. The van der Waals surface area contributed by atoms with E-state index in [1.807, 2.05) is 23.6 Å². The zero-order valence-corrected chi connectivity index (χ0v) is 16.5.